The molecule has 0 spiro atoms. The molecule has 124 valence electrons. The Bertz CT molecular complexity index is 479. The number of likely N-dealkylation sites (tertiary alicyclic amines) is 1. The molecule has 1 saturated heterocycles. The fraction of sp³-hybridized carbons (Fsp3) is 0.917. The van der Waals surface area contributed by atoms with E-state index in [1.807, 2.05) is 0 Å². The first-order valence-corrected chi connectivity index (χ1v) is 8.08. The maximum absolute atomic E-state index is 13.1. The molecule has 21 heavy (non-hydrogen) atoms. The minimum Gasteiger partial charge on any atom is -0.444 e. The zero-order valence-corrected chi connectivity index (χ0v) is 13.1. The number of hydrogen-bond donors (Lipinski definition) is 0. The second-order valence-corrected chi connectivity index (χ2v) is 7.68. The Labute approximate surface area is 122 Å². The lowest BCUT2D eigenvalue weighted by molar-refractivity contribution is -0.0403. The van der Waals surface area contributed by atoms with Gasteiger partial charge in [-0.3, -0.25) is 0 Å². The molecule has 0 aliphatic carbocycles. The quantitative estimate of drug-likeness (QED) is 0.746. The number of rotatable bonds is 3. The summed E-state index contributed by atoms with van der Waals surface area (Å²) in [6.45, 7) is 4.85. The fourth-order valence-electron chi connectivity index (χ4n) is 2.23. The monoisotopic (exact) mass is 331 g/mol. The Morgan fingerprint density at radius 2 is 1.76 bits per heavy atom. The average Bonchev–Trinajstić information content (AvgIpc) is 2.24. The molecule has 1 amide bonds. The van der Waals surface area contributed by atoms with Gasteiger partial charge in [-0.2, -0.15) is 8.42 Å². The van der Waals surface area contributed by atoms with Crippen LogP contribution in [-0.2, 0) is 15.0 Å². The molecule has 1 aliphatic heterocycles. The van der Waals surface area contributed by atoms with Crippen molar-refractivity contribution in [1.82, 2.24) is 4.90 Å². The number of carbonyl (C=O) groups excluding carboxylic acids is 1. The van der Waals surface area contributed by atoms with Crippen LogP contribution in [0.4, 0.5) is 17.5 Å². The minimum absolute atomic E-state index is 0.0885. The molecule has 5 nitrogen and oxygen atoms in total. The highest BCUT2D eigenvalue weighted by Crippen LogP contribution is 2.39. The standard InChI is InChI=1S/C12H20F3NO4S/c1-11(2,3)20-10(17)16-6-4-12(5-7-16,9(13)14)8-21(15,18)19/h9H,4-8H2,1-3H3. The predicted octanol–water partition coefficient (Wildman–Crippen LogP) is 2.57. The number of ether oxygens (including phenoxy) is 1. The van der Waals surface area contributed by atoms with Gasteiger partial charge >= 0.3 is 16.3 Å². The van der Waals surface area contributed by atoms with Gasteiger partial charge in [-0.25, -0.2) is 13.6 Å². The topological polar surface area (TPSA) is 63.7 Å². The van der Waals surface area contributed by atoms with Gasteiger partial charge in [0.15, 0.2) is 0 Å². The minimum atomic E-state index is -5.01. The summed E-state index contributed by atoms with van der Waals surface area (Å²) in [5.74, 6) is -1.22. The van der Waals surface area contributed by atoms with Crippen molar-refractivity contribution in [3.05, 3.63) is 0 Å². The van der Waals surface area contributed by atoms with Crippen LogP contribution in [0.15, 0.2) is 0 Å². The lowest BCUT2D eigenvalue weighted by Crippen LogP contribution is -2.49. The smallest absolute Gasteiger partial charge is 0.410 e. The van der Waals surface area contributed by atoms with E-state index in [-0.39, 0.29) is 25.9 Å². The van der Waals surface area contributed by atoms with Crippen molar-refractivity contribution in [2.75, 3.05) is 18.8 Å². The molecule has 0 saturated carbocycles. The number of hydrogen-bond acceptors (Lipinski definition) is 4. The number of carbonyl (C=O) groups is 1. The number of piperidine rings is 1. The Morgan fingerprint density at radius 3 is 2.10 bits per heavy atom. The van der Waals surface area contributed by atoms with Crippen LogP contribution in [0.5, 0.6) is 0 Å². The summed E-state index contributed by atoms with van der Waals surface area (Å²) in [4.78, 5) is 13.0. The molecule has 1 fully saturated rings. The molecule has 0 bridgehead atoms. The first-order chi connectivity index (χ1) is 9.35. The second kappa shape index (κ2) is 6.02. The Kier molecular flexibility index (Phi) is 5.18. The molecule has 0 radical (unpaired) electrons. The van der Waals surface area contributed by atoms with Crippen LogP contribution in [-0.4, -0.2) is 50.3 Å². The van der Waals surface area contributed by atoms with Crippen LogP contribution in [0.2, 0.25) is 0 Å². The molecule has 0 N–H and O–H groups in total. The van der Waals surface area contributed by atoms with E-state index in [9.17, 15) is 25.9 Å². The summed E-state index contributed by atoms with van der Waals surface area (Å²) in [5.41, 5.74) is -2.65. The van der Waals surface area contributed by atoms with Crippen LogP contribution in [0.3, 0.4) is 0 Å². The number of amides is 1. The maximum Gasteiger partial charge on any atom is 0.410 e. The molecule has 0 aromatic heterocycles. The van der Waals surface area contributed by atoms with Gasteiger partial charge in [-0.05, 0) is 33.6 Å². The highest BCUT2D eigenvalue weighted by Gasteiger charge is 2.47. The Morgan fingerprint density at radius 1 is 1.29 bits per heavy atom. The molecule has 1 heterocycles. The van der Waals surface area contributed by atoms with Gasteiger partial charge in [-0.15, -0.1) is 3.89 Å². The van der Waals surface area contributed by atoms with Crippen molar-refractivity contribution in [2.45, 2.75) is 45.6 Å². The SMILES string of the molecule is CC(C)(C)OC(=O)N1CCC(CS(=O)(=O)F)(C(F)F)CC1. The first kappa shape index (κ1) is 18.1. The molecule has 9 heteroatoms. The van der Waals surface area contributed by atoms with Crippen molar-refractivity contribution in [3.63, 3.8) is 0 Å². The van der Waals surface area contributed by atoms with Crippen molar-refractivity contribution < 1.29 is 30.6 Å². The molecule has 0 aromatic rings. The maximum atomic E-state index is 13.1. The van der Waals surface area contributed by atoms with Crippen LogP contribution < -0.4 is 0 Å². The summed E-state index contributed by atoms with van der Waals surface area (Å²) >= 11 is 0. The van der Waals surface area contributed by atoms with E-state index in [1.54, 1.807) is 20.8 Å². The van der Waals surface area contributed by atoms with Gasteiger partial charge < -0.3 is 9.64 Å². The molecule has 1 rings (SSSR count). The second-order valence-electron chi connectivity index (χ2n) is 6.31. The van der Waals surface area contributed by atoms with E-state index in [4.69, 9.17) is 4.74 Å². The molecule has 0 atom stereocenters. The summed E-state index contributed by atoms with van der Waals surface area (Å²) in [7, 11) is -5.01. The molecular weight excluding hydrogens is 311 g/mol. The predicted molar refractivity (Wildman–Crippen MR) is 70.4 cm³/mol. The van der Waals surface area contributed by atoms with Gasteiger partial charge in [0.1, 0.15) is 5.60 Å². The third kappa shape index (κ3) is 5.37. The van der Waals surface area contributed by atoms with Crippen LogP contribution in [0, 0.1) is 5.41 Å². The summed E-state index contributed by atoms with van der Waals surface area (Å²) in [6, 6.07) is 0. The summed E-state index contributed by atoms with van der Waals surface area (Å²) in [5, 5.41) is 0. The van der Waals surface area contributed by atoms with E-state index in [0.717, 1.165) is 0 Å². The third-order valence-corrected chi connectivity index (χ3v) is 4.25. The normalized spacial score (nSPS) is 19.7. The van der Waals surface area contributed by atoms with E-state index in [2.05, 4.69) is 0 Å². The Hall–Kier alpha value is -0.990. The van der Waals surface area contributed by atoms with E-state index < -0.39 is 39.5 Å². The van der Waals surface area contributed by atoms with Gasteiger partial charge in [0.2, 0.25) is 6.43 Å². The van der Waals surface area contributed by atoms with Crippen molar-refractivity contribution >= 4 is 16.3 Å². The molecular formula is C12H20F3NO4S. The van der Waals surface area contributed by atoms with E-state index >= 15 is 0 Å². The van der Waals surface area contributed by atoms with Crippen LogP contribution in [0.25, 0.3) is 0 Å². The first-order valence-electron chi connectivity index (χ1n) is 6.53. The number of halogens is 3. The fourth-order valence-corrected chi connectivity index (χ4v) is 3.33. The summed E-state index contributed by atoms with van der Waals surface area (Å²) < 4.78 is 65.6. The van der Waals surface area contributed by atoms with Crippen LogP contribution >= 0.6 is 0 Å². The van der Waals surface area contributed by atoms with Crippen molar-refractivity contribution in [1.29, 1.82) is 0 Å². The van der Waals surface area contributed by atoms with Crippen LogP contribution in [0.1, 0.15) is 33.6 Å². The number of nitrogens with zero attached hydrogens (tertiary/aromatic N) is 1. The third-order valence-electron chi connectivity index (χ3n) is 3.33. The largest absolute Gasteiger partial charge is 0.444 e. The lowest BCUT2D eigenvalue weighted by atomic mass is 9.80. The van der Waals surface area contributed by atoms with Crippen molar-refractivity contribution in [3.8, 4) is 0 Å². The zero-order valence-electron chi connectivity index (χ0n) is 12.2. The van der Waals surface area contributed by atoms with Gasteiger partial charge in [0, 0.05) is 13.1 Å². The average molecular weight is 331 g/mol. The van der Waals surface area contributed by atoms with Gasteiger partial charge in [0.25, 0.3) is 0 Å². The lowest BCUT2D eigenvalue weighted by Gasteiger charge is -2.40. The molecule has 0 unspecified atom stereocenters. The van der Waals surface area contributed by atoms with E-state index in [0.29, 0.717) is 0 Å². The number of alkyl halides is 2. The Balaban J connectivity index is 2.73. The molecule has 0 aromatic carbocycles. The van der Waals surface area contributed by atoms with E-state index in [1.165, 1.54) is 4.90 Å². The van der Waals surface area contributed by atoms with Crippen molar-refractivity contribution in [2.24, 2.45) is 5.41 Å². The highest BCUT2D eigenvalue weighted by molar-refractivity contribution is 7.86. The van der Waals surface area contributed by atoms with Gasteiger partial charge in [-0.1, -0.05) is 0 Å². The zero-order chi connectivity index (χ0) is 16.5. The molecule has 1 aliphatic rings. The van der Waals surface area contributed by atoms with Gasteiger partial charge in [0.05, 0.1) is 11.2 Å². The highest BCUT2D eigenvalue weighted by atomic mass is 32.3. The summed E-state index contributed by atoms with van der Waals surface area (Å²) in [6.07, 6.45) is -4.18.